The Morgan fingerprint density at radius 1 is 1.25 bits per heavy atom. The van der Waals surface area contributed by atoms with E-state index in [9.17, 15) is 14.4 Å². The second-order valence-corrected chi connectivity index (χ2v) is 4.03. The van der Waals surface area contributed by atoms with Gasteiger partial charge in [0.05, 0.1) is 0 Å². The normalized spacial score (nSPS) is 19.0. The number of carbonyl (C=O) groups excluding carboxylic acids is 3. The summed E-state index contributed by atoms with van der Waals surface area (Å²) < 4.78 is 0. The molecule has 0 saturated carbocycles. The lowest BCUT2D eigenvalue weighted by Gasteiger charge is -2.34. The van der Waals surface area contributed by atoms with E-state index in [0.717, 1.165) is 12.8 Å². The first-order valence-corrected chi connectivity index (χ1v) is 5.28. The summed E-state index contributed by atoms with van der Waals surface area (Å²) in [5.41, 5.74) is -0.826. The molecule has 0 bridgehead atoms. The van der Waals surface area contributed by atoms with Gasteiger partial charge >= 0.3 is 6.03 Å². The van der Waals surface area contributed by atoms with Crippen molar-refractivity contribution in [3.8, 4) is 0 Å². The first-order valence-electron chi connectivity index (χ1n) is 5.28. The van der Waals surface area contributed by atoms with Crippen LogP contribution in [0.1, 0.15) is 33.1 Å². The van der Waals surface area contributed by atoms with Crippen molar-refractivity contribution in [3.05, 3.63) is 12.2 Å². The SMILES string of the molecule is C=C(C)C1(CCCC)C(=O)NC(=O)NC1=O. The summed E-state index contributed by atoms with van der Waals surface area (Å²) in [6, 6.07) is -0.761. The summed E-state index contributed by atoms with van der Waals surface area (Å²) in [7, 11) is 0. The van der Waals surface area contributed by atoms with Gasteiger partial charge in [-0.3, -0.25) is 20.2 Å². The third-order valence-electron chi connectivity index (χ3n) is 2.86. The zero-order valence-electron chi connectivity index (χ0n) is 9.55. The van der Waals surface area contributed by atoms with Crippen molar-refractivity contribution in [3.63, 3.8) is 0 Å². The van der Waals surface area contributed by atoms with Crippen LogP contribution in [0, 0.1) is 5.41 Å². The smallest absolute Gasteiger partial charge is 0.277 e. The van der Waals surface area contributed by atoms with E-state index in [1.807, 2.05) is 6.92 Å². The molecule has 2 N–H and O–H groups in total. The van der Waals surface area contributed by atoms with E-state index in [-0.39, 0.29) is 0 Å². The molecule has 1 rings (SSSR count). The number of carbonyl (C=O) groups is 3. The maximum absolute atomic E-state index is 11.8. The Morgan fingerprint density at radius 2 is 1.75 bits per heavy atom. The van der Waals surface area contributed by atoms with E-state index in [1.54, 1.807) is 6.92 Å². The molecule has 1 saturated heterocycles. The highest BCUT2D eigenvalue weighted by atomic mass is 16.2. The quantitative estimate of drug-likeness (QED) is 0.554. The van der Waals surface area contributed by atoms with Crippen LogP contribution >= 0.6 is 0 Å². The second kappa shape index (κ2) is 4.47. The van der Waals surface area contributed by atoms with Crippen molar-refractivity contribution in [2.24, 2.45) is 5.41 Å². The van der Waals surface area contributed by atoms with Gasteiger partial charge in [-0.2, -0.15) is 0 Å². The number of unbranched alkanes of at least 4 members (excludes halogenated alkanes) is 1. The van der Waals surface area contributed by atoms with E-state index in [4.69, 9.17) is 0 Å². The van der Waals surface area contributed by atoms with E-state index in [0.29, 0.717) is 12.0 Å². The zero-order valence-corrected chi connectivity index (χ0v) is 9.55. The van der Waals surface area contributed by atoms with Crippen LogP contribution < -0.4 is 10.6 Å². The minimum atomic E-state index is -1.29. The highest BCUT2D eigenvalue weighted by molar-refractivity contribution is 6.20. The largest absolute Gasteiger partial charge is 0.328 e. The molecule has 0 atom stereocenters. The predicted octanol–water partition coefficient (Wildman–Crippen LogP) is 1.11. The number of urea groups is 1. The summed E-state index contributed by atoms with van der Waals surface area (Å²) in [5.74, 6) is -1.13. The average Bonchev–Trinajstić information content (AvgIpc) is 2.16. The molecule has 0 radical (unpaired) electrons. The van der Waals surface area contributed by atoms with Crippen molar-refractivity contribution >= 4 is 17.8 Å². The van der Waals surface area contributed by atoms with Crippen LogP contribution in [0.4, 0.5) is 4.79 Å². The average molecular weight is 224 g/mol. The molecule has 0 aromatic heterocycles. The van der Waals surface area contributed by atoms with Gasteiger partial charge in [-0.1, -0.05) is 31.9 Å². The molecule has 88 valence electrons. The Bertz CT molecular complexity index is 340. The van der Waals surface area contributed by atoms with Crippen molar-refractivity contribution in [1.29, 1.82) is 0 Å². The molecule has 5 nitrogen and oxygen atoms in total. The Morgan fingerprint density at radius 3 is 2.12 bits per heavy atom. The number of barbiturate groups is 1. The molecule has 1 aliphatic rings. The van der Waals surface area contributed by atoms with E-state index >= 15 is 0 Å². The Balaban J connectivity index is 3.07. The summed E-state index contributed by atoms with van der Waals surface area (Å²) >= 11 is 0. The summed E-state index contributed by atoms with van der Waals surface area (Å²) in [4.78, 5) is 34.6. The fraction of sp³-hybridized carbons (Fsp3) is 0.545. The number of rotatable bonds is 4. The topological polar surface area (TPSA) is 75.3 Å². The number of imide groups is 2. The van der Waals surface area contributed by atoms with Gasteiger partial charge in [0.1, 0.15) is 5.41 Å². The Labute approximate surface area is 94.3 Å². The maximum atomic E-state index is 11.8. The van der Waals surface area contributed by atoms with Crippen LogP contribution in [0.5, 0.6) is 0 Å². The summed E-state index contributed by atoms with van der Waals surface area (Å²) in [6.07, 6.45) is 1.97. The number of amides is 4. The fourth-order valence-electron chi connectivity index (χ4n) is 1.82. The molecule has 0 aromatic rings. The van der Waals surface area contributed by atoms with Crippen LogP contribution in [0.3, 0.4) is 0 Å². The highest BCUT2D eigenvalue weighted by Crippen LogP contribution is 2.34. The van der Waals surface area contributed by atoms with Crippen LogP contribution in [0.25, 0.3) is 0 Å². The van der Waals surface area contributed by atoms with Crippen molar-refractivity contribution < 1.29 is 14.4 Å². The highest BCUT2D eigenvalue weighted by Gasteiger charge is 2.50. The third kappa shape index (κ3) is 1.85. The number of hydrogen-bond acceptors (Lipinski definition) is 3. The van der Waals surface area contributed by atoms with E-state index in [2.05, 4.69) is 17.2 Å². The molecular formula is C11H16N2O3. The Kier molecular flexibility index (Phi) is 3.47. The standard InChI is InChI=1S/C11H16N2O3/c1-4-5-6-11(7(2)3)8(14)12-10(16)13-9(11)15/h2,4-6H2,1,3H3,(H2,12,13,14,15,16). The number of nitrogens with one attached hydrogen (secondary N) is 2. The fourth-order valence-corrected chi connectivity index (χ4v) is 1.82. The minimum Gasteiger partial charge on any atom is -0.277 e. The molecule has 0 aliphatic carbocycles. The zero-order chi connectivity index (χ0) is 12.3. The lowest BCUT2D eigenvalue weighted by molar-refractivity contribution is -0.142. The van der Waals surface area contributed by atoms with Crippen LogP contribution in [0.2, 0.25) is 0 Å². The summed E-state index contributed by atoms with van der Waals surface area (Å²) in [6.45, 7) is 7.29. The van der Waals surface area contributed by atoms with Gasteiger partial charge in [-0.05, 0) is 13.3 Å². The molecule has 0 aromatic carbocycles. The molecule has 4 amide bonds. The minimum absolute atomic E-state index is 0.379. The van der Waals surface area contributed by atoms with Gasteiger partial charge in [0.2, 0.25) is 11.8 Å². The van der Waals surface area contributed by atoms with Gasteiger partial charge < -0.3 is 0 Å². The number of hydrogen-bond donors (Lipinski definition) is 2. The van der Waals surface area contributed by atoms with Crippen molar-refractivity contribution in [2.45, 2.75) is 33.1 Å². The molecule has 0 spiro atoms. The molecule has 1 aliphatic heterocycles. The molecule has 16 heavy (non-hydrogen) atoms. The van der Waals surface area contributed by atoms with Crippen molar-refractivity contribution in [2.75, 3.05) is 0 Å². The van der Waals surface area contributed by atoms with Gasteiger partial charge in [0.15, 0.2) is 0 Å². The first-order chi connectivity index (χ1) is 7.45. The van der Waals surface area contributed by atoms with Gasteiger partial charge in [0.25, 0.3) is 0 Å². The van der Waals surface area contributed by atoms with Gasteiger partial charge in [-0.25, -0.2) is 4.79 Å². The maximum Gasteiger partial charge on any atom is 0.328 e. The molecule has 1 fully saturated rings. The van der Waals surface area contributed by atoms with Crippen LogP contribution in [-0.4, -0.2) is 17.8 Å². The van der Waals surface area contributed by atoms with E-state index in [1.165, 1.54) is 0 Å². The van der Waals surface area contributed by atoms with Gasteiger partial charge in [0, 0.05) is 0 Å². The lowest BCUT2D eigenvalue weighted by Crippen LogP contribution is -2.62. The first kappa shape index (κ1) is 12.4. The third-order valence-corrected chi connectivity index (χ3v) is 2.86. The summed E-state index contributed by atoms with van der Waals surface area (Å²) in [5, 5.41) is 4.24. The molecule has 1 heterocycles. The van der Waals surface area contributed by atoms with Crippen LogP contribution in [-0.2, 0) is 9.59 Å². The molecular weight excluding hydrogens is 208 g/mol. The van der Waals surface area contributed by atoms with Gasteiger partial charge in [-0.15, -0.1) is 0 Å². The predicted molar refractivity (Wildman–Crippen MR) is 58.5 cm³/mol. The van der Waals surface area contributed by atoms with Crippen molar-refractivity contribution in [1.82, 2.24) is 10.6 Å². The Hall–Kier alpha value is -1.65. The van der Waals surface area contributed by atoms with Crippen LogP contribution in [0.15, 0.2) is 12.2 Å². The lowest BCUT2D eigenvalue weighted by atomic mass is 9.74. The van der Waals surface area contributed by atoms with E-state index < -0.39 is 23.3 Å². The molecule has 5 heteroatoms. The monoisotopic (exact) mass is 224 g/mol. The molecule has 0 unspecified atom stereocenters. The second-order valence-electron chi connectivity index (χ2n) is 4.03.